The lowest BCUT2D eigenvalue weighted by molar-refractivity contribution is 0.593. The van der Waals surface area contributed by atoms with Gasteiger partial charge in [0.25, 0.3) is 0 Å². The van der Waals surface area contributed by atoms with Crippen molar-refractivity contribution in [1.82, 2.24) is 0 Å². The molecule has 0 aliphatic rings. The summed E-state index contributed by atoms with van der Waals surface area (Å²) in [4.78, 5) is 0. The maximum absolute atomic E-state index is 11.6. The van der Waals surface area contributed by atoms with Gasteiger partial charge >= 0.3 is 0 Å². The van der Waals surface area contributed by atoms with Gasteiger partial charge in [0.1, 0.15) is 9.84 Å². The quantitative estimate of drug-likeness (QED) is 0.740. The summed E-state index contributed by atoms with van der Waals surface area (Å²) >= 11 is 0. The molecule has 0 heterocycles. The summed E-state index contributed by atoms with van der Waals surface area (Å²) in [6, 6.07) is 6.36. The molecule has 6 nitrogen and oxygen atoms in total. The Morgan fingerprint density at radius 2 is 1.71 bits per heavy atom. The molecule has 0 saturated heterocycles. The van der Waals surface area contributed by atoms with Crippen molar-refractivity contribution in [2.75, 3.05) is 28.2 Å². The van der Waals surface area contributed by atoms with Gasteiger partial charge in [-0.15, -0.1) is 0 Å². The number of sulfonamides is 1. The summed E-state index contributed by atoms with van der Waals surface area (Å²) in [5.41, 5.74) is 6.10. The first-order valence-electron chi connectivity index (χ1n) is 4.72. The van der Waals surface area contributed by atoms with Crippen molar-refractivity contribution in [3.8, 4) is 0 Å². The predicted octanol–water partition coefficient (Wildman–Crippen LogP) is 0.0551. The second-order valence-electron chi connectivity index (χ2n) is 3.64. The van der Waals surface area contributed by atoms with Gasteiger partial charge in [0.05, 0.1) is 22.9 Å². The van der Waals surface area contributed by atoms with Crippen LogP contribution in [0, 0.1) is 0 Å². The highest BCUT2D eigenvalue weighted by atomic mass is 32.2. The summed E-state index contributed by atoms with van der Waals surface area (Å²) in [5.74, 6) is -0.908. The van der Waals surface area contributed by atoms with Crippen LogP contribution in [0.15, 0.2) is 24.3 Å². The summed E-state index contributed by atoms with van der Waals surface area (Å²) in [6.45, 7) is 0. The summed E-state index contributed by atoms with van der Waals surface area (Å²) in [6.07, 6.45) is 0.986. The van der Waals surface area contributed by atoms with Crippen LogP contribution in [0.1, 0.15) is 0 Å². The smallest absolute Gasteiger partial charge is 0.233 e. The van der Waals surface area contributed by atoms with E-state index in [0.29, 0.717) is 0 Å². The minimum atomic E-state index is -3.70. The molecule has 17 heavy (non-hydrogen) atoms. The van der Waals surface area contributed by atoms with Crippen LogP contribution in [-0.2, 0) is 19.9 Å². The number of benzene rings is 1. The highest BCUT2D eigenvalue weighted by Gasteiger charge is 2.15. The molecule has 1 aromatic carbocycles. The minimum Gasteiger partial charge on any atom is -0.397 e. The molecule has 8 heteroatoms. The van der Waals surface area contributed by atoms with E-state index in [9.17, 15) is 16.8 Å². The first kappa shape index (κ1) is 13.8. The Hall–Kier alpha value is -1.28. The lowest BCUT2D eigenvalue weighted by atomic mass is 10.3. The van der Waals surface area contributed by atoms with E-state index in [4.69, 9.17) is 5.73 Å². The fourth-order valence-electron chi connectivity index (χ4n) is 1.07. The molecule has 0 saturated carbocycles. The van der Waals surface area contributed by atoms with Crippen molar-refractivity contribution in [2.24, 2.45) is 0 Å². The molecule has 0 atom stereocenters. The first-order valence-corrected chi connectivity index (χ1v) is 8.44. The van der Waals surface area contributed by atoms with Crippen LogP contribution in [0.25, 0.3) is 0 Å². The van der Waals surface area contributed by atoms with Crippen LogP contribution < -0.4 is 10.5 Å². The Balaban J connectivity index is 2.78. The van der Waals surface area contributed by atoms with Crippen LogP contribution in [-0.4, -0.2) is 34.6 Å². The zero-order valence-corrected chi connectivity index (χ0v) is 10.9. The molecule has 96 valence electrons. The van der Waals surface area contributed by atoms with E-state index in [-0.39, 0.29) is 11.4 Å². The van der Waals surface area contributed by atoms with Crippen molar-refractivity contribution < 1.29 is 16.8 Å². The van der Waals surface area contributed by atoms with Crippen molar-refractivity contribution in [3.63, 3.8) is 0 Å². The van der Waals surface area contributed by atoms with Crippen LogP contribution in [0.3, 0.4) is 0 Å². The highest BCUT2D eigenvalue weighted by Crippen LogP contribution is 2.18. The lowest BCUT2D eigenvalue weighted by Gasteiger charge is -2.09. The number of para-hydroxylation sites is 2. The Kier molecular flexibility index (Phi) is 3.99. The molecular weight excluding hydrogens is 264 g/mol. The third-order valence-corrected chi connectivity index (χ3v) is 4.43. The van der Waals surface area contributed by atoms with Crippen molar-refractivity contribution in [3.05, 3.63) is 24.3 Å². The van der Waals surface area contributed by atoms with Crippen LogP contribution in [0.4, 0.5) is 11.4 Å². The number of hydrogen-bond acceptors (Lipinski definition) is 5. The van der Waals surface area contributed by atoms with Crippen molar-refractivity contribution in [1.29, 1.82) is 0 Å². The summed E-state index contributed by atoms with van der Waals surface area (Å²) in [7, 11) is -7.01. The lowest BCUT2D eigenvalue weighted by Crippen LogP contribution is -2.22. The molecule has 1 aromatic rings. The number of nitrogens with one attached hydrogen (secondary N) is 1. The highest BCUT2D eigenvalue weighted by molar-refractivity contribution is 7.95. The van der Waals surface area contributed by atoms with Gasteiger partial charge in [-0.3, -0.25) is 4.72 Å². The second kappa shape index (κ2) is 4.92. The number of hydrogen-bond donors (Lipinski definition) is 2. The molecule has 0 radical (unpaired) electrons. The van der Waals surface area contributed by atoms with Gasteiger partial charge in [-0.1, -0.05) is 12.1 Å². The fraction of sp³-hybridized carbons (Fsp3) is 0.333. The topological polar surface area (TPSA) is 106 Å². The zero-order chi connectivity index (χ0) is 13.1. The van der Waals surface area contributed by atoms with Crippen LogP contribution in [0.2, 0.25) is 0 Å². The third-order valence-electron chi connectivity index (χ3n) is 1.95. The van der Waals surface area contributed by atoms with Gasteiger partial charge in [-0.25, -0.2) is 16.8 Å². The van der Waals surface area contributed by atoms with Gasteiger partial charge < -0.3 is 5.73 Å². The monoisotopic (exact) mass is 278 g/mol. The van der Waals surface area contributed by atoms with E-state index in [0.717, 1.165) is 6.26 Å². The van der Waals surface area contributed by atoms with Gasteiger partial charge in [0.15, 0.2) is 0 Å². The first-order chi connectivity index (χ1) is 7.70. The standard InChI is InChI=1S/C9H14N2O4S2/c1-16(12,13)6-7-17(14,15)11-9-5-3-2-4-8(9)10/h2-5,11H,6-7,10H2,1H3. The van der Waals surface area contributed by atoms with Crippen LogP contribution in [0.5, 0.6) is 0 Å². The molecule has 0 aromatic heterocycles. The Labute approximate surface area is 101 Å². The summed E-state index contributed by atoms with van der Waals surface area (Å²) in [5, 5.41) is 0. The molecule has 0 bridgehead atoms. The van der Waals surface area contributed by atoms with E-state index in [1.807, 2.05) is 0 Å². The molecule has 0 aliphatic carbocycles. The number of nitrogens with two attached hydrogens (primary N) is 1. The van der Waals surface area contributed by atoms with Crippen molar-refractivity contribution in [2.45, 2.75) is 0 Å². The van der Waals surface area contributed by atoms with E-state index in [1.54, 1.807) is 18.2 Å². The number of nitrogen functional groups attached to an aromatic ring is 1. The number of rotatable bonds is 5. The molecule has 0 aliphatic heterocycles. The Morgan fingerprint density at radius 3 is 2.24 bits per heavy atom. The molecule has 1 rings (SSSR count). The van der Waals surface area contributed by atoms with Crippen LogP contribution >= 0.6 is 0 Å². The van der Waals surface area contributed by atoms with E-state index < -0.39 is 31.4 Å². The number of sulfone groups is 1. The molecule has 3 N–H and O–H groups in total. The van der Waals surface area contributed by atoms with Gasteiger partial charge in [-0.2, -0.15) is 0 Å². The van der Waals surface area contributed by atoms with Gasteiger partial charge in [0, 0.05) is 6.26 Å². The average molecular weight is 278 g/mol. The van der Waals surface area contributed by atoms with Gasteiger partial charge in [-0.05, 0) is 12.1 Å². The maximum atomic E-state index is 11.6. The van der Waals surface area contributed by atoms with E-state index in [1.165, 1.54) is 6.07 Å². The zero-order valence-electron chi connectivity index (χ0n) is 9.25. The maximum Gasteiger partial charge on any atom is 0.233 e. The second-order valence-corrected chi connectivity index (χ2v) is 7.74. The SMILES string of the molecule is CS(=O)(=O)CCS(=O)(=O)Nc1ccccc1N. The average Bonchev–Trinajstić information content (AvgIpc) is 2.18. The summed E-state index contributed by atoms with van der Waals surface area (Å²) < 4.78 is 47.1. The third kappa shape index (κ3) is 5.05. The van der Waals surface area contributed by atoms with E-state index in [2.05, 4.69) is 4.72 Å². The largest absolute Gasteiger partial charge is 0.397 e. The Morgan fingerprint density at radius 1 is 1.12 bits per heavy atom. The van der Waals surface area contributed by atoms with E-state index >= 15 is 0 Å². The molecule has 0 fully saturated rings. The molecule has 0 unspecified atom stereocenters. The minimum absolute atomic E-state index is 0.251. The normalized spacial score (nSPS) is 12.3. The Bertz CT molecular complexity index is 593. The van der Waals surface area contributed by atoms with Crippen molar-refractivity contribution >= 4 is 31.2 Å². The fourth-order valence-corrected chi connectivity index (χ4v) is 3.78. The molecule has 0 amide bonds. The number of anilines is 2. The molecule has 0 spiro atoms. The predicted molar refractivity (Wildman–Crippen MR) is 68.0 cm³/mol. The molecular formula is C9H14N2O4S2. The van der Waals surface area contributed by atoms with Gasteiger partial charge in [0.2, 0.25) is 10.0 Å².